The molecule has 1 saturated carbocycles. The van der Waals surface area contributed by atoms with Crippen LogP contribution in [0.1, 0.15) is 76.2 Å². The second-order valence-corrected chi connectivity index (χ2v) is 14.1. The third-order valence-corrected chi connectivity index (χ3v) is 12.0. The van der Waals surface area contributed by atoms with Gasteiger partial charge in [0.25, 0.3) is 0 Å². The third kappa shape index (κ3) is 6.90. The highest BCUT2D eigenvalue weighted by Gasteiger charge is 2.31. The van der Waals surface area contributed by atoms with E-state index in [2.05, 4.69) is 11.7 Å². The molecule has 2 fully saturated rings. The highest BCUT2D eigenvalue weighted by molar-refractivity contribution is 6.58. The lowest BCUT2D eigenvalue weighted by atomic mass is 9.72. The van der Waals surface area contributed by atoms with E-state index >= 15 is 0 Å². The summed E-state index contributed by atoms with van der Waals surface area (Å²) in [6.07, 6.45) is 12.2. The van der Waals surface area contributed by atoms with Gasteiger partial charge in [-0.1, -0.05) is 81.4 Å². The number of rotatable bonds is 9. The van der Waals surface area contributed by atoms with Gasteiger partial charge in [-0.3, -0.25) is 0 Å². The van der Waals surface area contributed by atoms with Crippen LogP contribution in [0.15, 0.2) is 36.4 Å². The quantitative estimate of drug-likeness (QED) is 0.187. The Morgan fingerprint density at radius 2 is 1.43 bits per heavy atom. The molecule has 0 radical (unpaired) electrons. The normalized spacial score (nSPS) is 25.1. The van der Waals surface area contributed by atoms with E-state index in [1.807, 2.05) is 24.3 Å². The number of benzene rings is 2. The monoisotopic (exact) mass is 506 g/mol. The first-order valence-electron chi connectivity index (χ1n) is 13.5. The molecule has 0 amide bonds. The third-order valence-electron chi connectivity index (χ3n) is 8.47. The van der Waals surface area contributed by atoms with Gasteiger partial charge in [-0.05, 0) is 72.3 Å². The molecule has 192 valence electrons. The molecule has 2 aliphatic rings. The van der Waals surface area contributed by atoms with E-state index in [9.17, 15) is 17.6 Å². The summed E-state index contributed by atoms with van der Waals surface area (Å²) >= 11 is 0. The van der Waals surface area contributed by atoms with Crippen molar-refractivity contribution in [3.05, 3.63) is 53.6 Å². The summed E-state index contributed by atoms with van der Waals surface area (Å²) in [5, 5.41) is 0. The molecule has 0 aromatic heterocycles. The van der Waals surface area contributed by atoms with Gasteiger partial charge in [0.1, 0.15) is 0 Å². The molecule has 0 unspecified atom stereocenters. The fourth-order valence-electron chi connectivity index (χ4n) is 6.43. The van der Waals surface area contributed by atoms with Crippen molar-refractivity contribution in [1.82, 2.24) is 0 Å². The molecule has 0 atom stereocenters. The van der Waals surface area contributed by atoms with Crippen LogP contribution < -0.4 is 4.74 Å². The Labute approximate surface area is 208 Å². The molecular weight excluding hydrogens is 468 g/mol. The molecule has 0 bridgehead atoms. The zero-order chi connectivity index (χ0) is 24.8. The number of ether oxygens (including phenoxy) is 1. The van der Waals surface area contributed by atoms with Crippen molar-refractivity contribution < 1.29 is 22.3 Å². The summed E-state index contributed by atoms with van der Waals surface area (Å²) in [7, 11) is -0.446. The minimum absolute atomic E-state index is 0.311. The van der Waals surface area contributed by atoms with Gasteiger partial charge in [-0.15, -0.1) is 0 Å². The standard InChI is InChI=1S/C29H38F4OSi/c1-2-3-4-15-35-16-13-24(14-17-35)22-7-5-20(6-8-22)21-9-11-23(12-10-21)25-18-26(30)28(27(31)19-25)34-29(32)33/h9-12,18-20,22,24,29,35H,2-8,13-17H2,1H3/t20-,22-,24?,35?. The van der Waals surface area contributed by atoms with E-state index in [1.165, 1.54) is 63.4 Å². The predicted molar refractivity (Wildman–Crippen MR) is 137 cm³/mol. The Balaban J connectivity index is 1.29. The predicted octanol–water partition coefficient (Wildman–Crippen LogP) is 9.33. The van der Waals surface area contributed by atoms with Crippen LogP contribution >= 0.6 is 0 Å². The van der Waals surface area contributed by atoms with Gasteiger partial charge in [0.2, 0.25) is 0 Å². The van der Waals surface area contributed by atoms with E-state index in [-0.39, 0.29) is 0 Å². The van der Waals surface area contributed by atoms with E-state index in [1.54, 1.807) is 18.1 Å². The smallest absolute Gasteiger partial charge is 0.387 e. The Bertz CT molecular complexity index is 909. The lowest BCUT2D eigenvalue weighted by Gasteiger charge is -2.37. The lowest BCUT2D eigenvalue weighted by Crippen LogP contribution is -2.28. The maximum absolute atomic E-state index is 14.1. The summed E-state index contributed by atoms with van der Waals surface area (Å²) in [6, 6.07) is 14.6. The molecular formula is C29H38F4OSi. The molecule has 0 spiro atoms. The van der Waals surface area contributed by atoms with Crippen LogP contribution in [-0.2, 0) is 0 Å². The van der Waals surface area contributed by atoms with Crippen LogP contribution in [0.5, 0.6) is 5.75 Å². The van der Waals surface area contributed by atoms with Crippen molar-refractivity contribution in [3.63, 3.8) is 0 Å². The van der Waals surface area contributed by atoms with Crippen LogP contribution in [0, 0.1) is 23.5 Å². The lowest BCUT2D eigenvalue weighted by molar-refractivity contribution is -0.0546. The van der Waals surface area contributed by atoms with Gasteiger partial charge < -0.3 is 4.74 Å². The number of unbranched alkanes of at least 4 members (excludes halogenated alkanes) is 2. The Hall–Kier alpha value is -1.82. The zero-order valence-corrected chi connectivity index (χ0v) is 21.9. The molecule has 2 aromatic rings. The molecule has 1 heterocycles. The first-order valence-corrected chi connectivity index (χ1v) is 15.9. The highest BCUT2D eigenvalue weighted by Crippen LogP contribution is 2.44. The van der Waals surface area contributed by atoms with Crippen molar-refractivity contribution in [3.8, 4) is 16.9 Å². The number of hydrogen-bond acceptors (Lipinski definition) is 1. The molecule has 35 heavy (non-hydrogen) atoms. The van der Waals surface area contributed by atoms with Crippen molar-refractivity contribution in [2.45, 2.75) is 95.4 Å². The van der Waals surface area contributed by atoms with Gasteiger partial charge in [0, 0.05) is 8.80 Å². The van der Waals surface area contributed by atoms with E-state index in [4.69, 9.17) is 0 Å². The average Bonchev–Trinajstić information content (AvgIpc) is 2.87. The van der Waals surface area contributed by atoms with Crippen molar-refractivity contribution >= 4 is 8.80 Å². The minimum atomic E-state index is -3.27. The fourth-order valence-corrected chi connectivity index (χ4v) is 9.96. The molecule has 1 saturated heterocycles. The van der Waals surface area contributed by atoms with E-state index < -0.39 is 32.8 Å². The fraction of sp³-hybridized carbons (Fsp3) is 0.586. The second kappa shape index (κ2) is 12.4. The molecule has 1 aliphatic heterocycles. The first-order chi connectivity index (χ1) is 16.9. The SMILES string of the molecule is CCCCC[SiH]1CCC([C@H]2CC[C@H](c3ccc(-c4cc(F)c(OC(F)F)c(F)c4)cc3)CC2)CC1. The largest absolute Gasteiger partial charge is 0.429 e. The average molecular weight is 507 g/mol. The van der Waals surface area contributed by atoms with Crippen LogP contribution in [0.4, 0.5) is 17.6 Å². The zero-order valence-electron chi connectivity index (χ0n) is 20.8. The van der Waals surface area contributed by atoms with E-state index in [0.717, 1.165) is 24.0 Å². The van der Waals surface area contributed by atoms with Gasteiger partial charge >= 0.3 is 6.61 Å². The van der Waals surface area contributed by atoms with Crippen LogP contribution in [0.2, 0.25) is 18.1 Å². The summed E-state index contributed by atoms with van der Waals surface area (Å²) in [4.78, 5) is 0. The Morgan fingerprint density at radius 3 is 2.00 bits per heavy atom. The minimum Gasteiger partial charge on any atom is -0.429 e. The summed E-state index contributed by atoms with van der Waals surface area (Å²) in [6.45, 7) is -0.979. The van der Waals surface area contributed by atoms with Gasteiger partial charge in [0.15, 0.2) is 17.4 Å². The Kier molecular flexibility index (Phi) is 9.32. The maximum Gasteiger partial charge on any atom is 0.387 e. The van der Waals surface area contributed by atoms with Crippen LogP contribution in [-0.4, -0.2) is 15.4 Å². The number of alkyl halides is 2. The summed E-state index contributed by atoms with van der Waals surface area (Å²) in [5.74, 6) is -0.924. The van der Waals surface area contributed by atoms with Crippen LogP contribution in [0.25, 0.3) is 11.1 Å². The van der Waals surface area contributed by atoms with Crippen molar-refractivity contribution in [2.24, 2.45) is 11.8 Å². The highest BCUT2D eigenvalue weighted by atomic mass is 28.3. The summed E-state index contributed by atoms with van der Waals surface area (Å²) < 4.78 is 56.9. The maximum atomic E-state index is 14.1. The second-order valence-electron chi connectivity index (χ2n) is 10.7. The van der Waals surface area contributed by atoms with Crippen molar-refractivity contribution in [2.75, 3.05) is 0 Å². The number of hydrogen-bond donors (Lipinski definition) is 0. The Morgan fingerprint density at radius 1 is 0.829 bits per heavy atom. The van der Waals surface area contributed by atoms with Gasteiger partial charge in [-0.2, -0.15) is 8.78 Å². The van der Waals surface area contributed by atoms with Gasteiger partial charge in [-0.25, -0.2) is 8.78 Å². The topological polar surface area (TPSA) is 9.23 Å². The van der Waals surface area contributed by atoms with Crippen LogP contribution in [0.3, 0.4) is 0 Å². The first kappa shape index (κ1) is 26.2. The molecule has 6 heteroatoms. The van der Waals surface area contributed by atoms with Gasteiger partial charge in [0.05, 0.1) is 0 Å². The molecule has 1 aliphatic carbocycles. The summed E-state index contributed by atoms with van der Waals surface area (Å²) in [5.41, 5.74) is 2.24. The number of halogens is 4. The molecule has 2 aromatic carbocycles. The van der Waals surface area contributed by atoms with Crippen molar-refractivity contribution in [1.29, 1.82) is 0 Å². The molecule has 4 rings (SSSR count). The molecule has 0 N–H and O–H groups in total. The van der Waals surface area contributed by atoms with E-state index in [0.29, 0.717) is 17.0 Å². The molecule has 1 nitrogen and oxygen atoms in total.